The maximum atomic E-state index is 11.9. The van der Waals surface area contributed by atoms with Crippen LogP contribution >= 0.6 is 22.6 Å². The van der Waals surface area contributed by atoms with Crippen LogP contribution in [0.3, 0.4) is 0 Å². The Morgan fingerprint density at radius 3 is 3.06 bits per heavy atom. The Bertz CT molecular complexity index is 419. The lowest BCUT2D eigenvalue weighted by molar-refractivity contribution is 0.230. The first-order chi connectivity index (χ1) is 7.72. The van der Waals surface area contributed by atoms with E-state index in [9.17, 15) is 4.79 Å². The molecular formula is C10H13IN4O. The highest BCUT2D eigenvalue weighted by molar-refractivity contribution is 14.1. The summed E-state index contributed by atoms with van der Waals surface area (Å²) < 4.78 is 2.35. The Hall–Kier alpha value is -0.630. The van der Waals surface area contributed by atoms with Gasteiger partial charge in [0.25, 0.3) is 0 Å². The fraction of sp³-hybridized carbons (Fsp3) is 0.600. The average molecular weight is 332 g/mol. The molecule has 0 spiro atoms. The van der Waals surface area contributed by atoms with Crippen molar-refractivity contribution < 1.29 is 4.79 Å². The van der Waals surface area contributed by atoms with Crippen LogP contribution in [0.2, 0.25) is 0 Å². The molecule has 1 aliphatic carbocycles. The molecule has 1 amide bonds. The van der Waals surface area contributed by atoms with E-state index in [1.807, 2.05) is 0 Å². The summed E-state index contributed by atoms with van der Waals surface area (Å²) in [5.41, 5.74) is 0. The Morgan fingerprint density at radius 1 is 1.62 bits per heavy atom. The van der Waals surface area contributed by atoms with Gasteiger partial charge in [-0.15, -0.1) is 0 Å². The first-order valence-corrected chi connectivity index (χ1v) is 6.54. The van der Waals surface area contributed by atoms with E-state index in [1.165, 1.54) is 11.1 Å². The summed E-state index contributed by atoms with van der Waals surface area (Å²) in [4.78, 5) is 11.9. The fourth-order valence-electron chi connectivity index (χ4n) is 2.65. The lowest BCUT2D eigenvalue weighted by atomic mass is 10.0. The van der Waals surface area contributed by atoms with Crippen LogP contribution in [0.1, 0.15) is 12.8 Å². The van der Waals surface area contributed by atoms with Gasteiger partial charge in [-0.1, -0.05) is 0 Å². The van der Waals surface area contributed by atoms with Crippen LogP contribution < -0.4 is 10.6 Å². The smallest absolute Gasteiger partial charge is 0.333 e. The third-order valence-corrected chi connectivity index (χ3v) is 3.99. The van der Waals surface area contributed by atoms with Crippen molar-refractivity contribution in [3.05, 3.63) is 16.0 Å². The minimum atomic E-state index is -0.111. The van der Waals surface area contributed by atoms with Gasteiger partial charge >= 0.3 is 6.03 Å². The molecule has 6 heteroatoms. The van der Waals surface area contributed by atoms with E-state index in [0.29, 0.717) is 18.0 Å². The van der Waals surface area contributed by atoms with E-state index in [0.717, 1.165) is 16.5 Å². The number of hydrogen-bond donors (Lipinski definition) is 2. The maximum Gasteiger partial charge on any atom is 0.342 e. The minimum absolute atomic E-state index is 0.111. The number of halogens is 1. The summed E-state index contributed by atoms with van der Waals surface area (Å²) in [6.07, 6.45) is 5.67. The number of amides is 1. The summed E-state index contributed by atoms with van der Waals surface area (Å²) in [5, 5.41) is 10.5. The van der Waals surface area contributed by atoms with Crippen molar-refractivity contribution in [3.63, 3.8) is 0 Å². The monoisotopic (exact) mass is 332 g/mol. The minimum Gasteiger partial charge on any atom is -0.333 e. The molecule has 1 saturated carbocycles. The van der Waals surface area contributed by atoms with Gasteiger partial charge in [0.15, 0.2) is 0 Å². The highest BCUT2D eigenvalue weighted by atomic mass is 127. The molecule has 2 heterocycles. The lowest BCUT2D eigenvalue weighted by Gasteiger charge is -2.23. The zero-order chi connectivity index (χ0) is 11.1. The zero-order valence-corrected chi connectivity index (χ0v) is 10.8. The SMILES string of the molecule is O=C(NC1CC2CC1CN2)n1cc(I)cn1. The van der Waals surface area contributed by atoms with Gasteiger partial charge in [0.1, 0.15) is 0 Å². The number of aromatic nitrogens is 2. The summed E-state index contributed by atoms with van der Waals surface area (Å²) >= 11 is 2.14. The van der Waals surface area contributed by atoms with E-state index in [4.69, 9.17) is 0 Å². The topological polar surface area (TPSA) is 59.0 Å². The Kier molecular flexibility index (Phi) is 2.62. The van der Waals surface area contributed by atoms with Crippen molar-refractivity contribution in [2.45, 2.75) is 24.9 Å². The van der Waals surface area contributed by atoms with Gasteiger partial charge in [-0.25, -0.2) is 4.79 Å². The van der Waals surface area contributed by atoms with Gasteiger partial charge in [0, 0.05) is 24.8 Å². The molecular weight excluding hydrogens is 319 g/mol. The van der Waals surface area contributed by atoms with E-state index < -0.39 is 0 Å². The second-order valence-electron chi connectivity index (χ2n) is 4.50. The molecule has 0 radical (unpaired) electrons. The molecule has 1 saturated heterocycles. The van der Waals surface area contributed by atoms with Gasteiger partial charge in [-0.05, 0) is 41.4 Å². The number of carbonyl (C=O) groups excluding carboxylic acids is 1. The molecule has 2 fully saturated rings. The van der Waals surface area contributed by atoms with Gasteiger partial charge < -0.3 is 10.6 Å². The number of carbonyl (C=O) groups is 1. The maximum absolute atomic E-state index is 11.9. The first-order valence-electron chi connectivity index (χ1n) is 5.47. The molecule has 2 bridgehead atoms. The Labute approximate surface area is 107 Å². The van der Waals surface area contributed by atoms with E-state index in [1.54, 1.807) is 12.4 Å². The number of nitrogens with zero attached hydrogens (tertiary/aromatic N) is 2. The molecule has 3 unspecified atom stereocenters. The number of nitrogens with one attached hydrogen (secondary N) is 2. The Balaban J connectivity index is 1.65. The second kappa shape index (κ2) is 3.99. The number of hydrogen-bond acceptors (Lipinski definition) is 3. The van der Waals surface area contributed by atoms with Crippen LogP contribution in [0.5, 0.6) is 0 Å². The normalized spacial score (nSPS) is 31.9. The van der Waals surface area contributed by atoms with Crippen LogP contribution in [0.4, 0.5) is 4.79 Å². The van der Waals surface area contributed by atoms with E-state index in [-0.39, 0.29) is 6.03 Å². The second-order valence-corrected chi connectivity index (χ2v) is 5.74. The van der Waals surface area contributed by atoms with Crippen molar-refractivity contribution in [2.75, 3.05) is 6.54 Å². The predicted molar refractivity (Wildman–Crippen MR) is 67.2 cm³/mol. The fourth-order valence-corrected chi connectivity index (χ4v) is 3.04. The van der Waals surface area contributed by atoms with Crippen molar-refractivity contribution in [1.29, 1.82) is 0 Å². The molecule has 2 N–H and O–H groups in total. The average Bonchev–Trinajstić information content (AvgIpc) is 2.92. The molecule has 1 aliphatic heterocycles. The van der Waals surface area contributed by atoms with Crippen molar-refractivity contribution in [3.8, 4) is 0 Å². The summed E-state index contributed by atoms with van der Waals surface area (Å²) in [7, 11) is 0. The molecule has 5 nitrogen and oxygen atoms in total. The van der Waals surface area contributed by atoms with Gasteiger partial charge in [-0.3, -0.25) is 0 Å². The standard InChI is InChI=1S/C10H13IN4O/c11-7-4-13-15(5-7)10(16)14-9-2-8-1-6(9)3-12-8/h4-6,8-9,12H,1-3H2,(H,14,16). The number of fused-ring (bicyclic) bond motifs is 2. The van der Waals surface area contributed by atoms with E-state index >= 15 is 0 Å². The third kappa shape index (κ3) is 1.84. The molecule has 3 rings (SSSR count). The number of rotatable bonds is 1. The number of piperidine rings is 1. The van der Waals surface area contributed by atoms with Crippen molar-refractivity contribution in [2.24, 2.45) is 5.92 Å². The molecule has 16 heavy (non-hydrogen) atoms. The third-order valence-electron chi connectivity index (χ3n) is 3.43. The molecule has 1 aromatic rings. The highest BCUT2D eigenvalue weighted by Gasteiger charge is 2.40. The Morgan fingerprint density at radius 2 is 2.50 bits per heavy atom. The molecule has 86 valence electrons. The van der Waals surface area contributed by atoms with Crippen LogP contribution in [-0.4, -0.2) is 34.4 Å². The molecule has 3 atom stereocenters. The summed E-state index contributed by atoms with van der Waals surface area (Å²) in [6, 6.07) is 0.814. The van der Waals surface area contributed by atoms with Gasteiger partial charge in [0.2, 0.25) is 0 Å². The quantitative estimate of drug-likeness (QED) is 0.748. The lowest BCUT2D eigenvalue weighted by Crippen LogP contribution is -2.45. The van der Waals surface area contributed by atoms with Crippen LogP contribution in [0.25, 0.3) is 0 Å². The van der Waals surface area contributed by atoms with Crippen molar-refractivity contribution >= 4 is 28.6 Å². The molecule has 1 aromatic heterocycles. The largest absolute Gasteiger partial charge is 0.342 e. The molecule has 0 aromatic carbocycles. The molecule has 2 aliphatic rings. The van der Waals surface area contributed by atoms with E-state index in [2.05, 4.69) is 38.3 Å². The highest BCUT2D eigenvalue weighted by Crippen LogP contribution is 2.31. The van der Waals surface area contributed by atoms with Crippen LogP contribution in [0, 0.1) is 9.49 Å². The zero-order valence-electron chi connectivity index (χ0n) is 8.69. The van der Waals surface area contributed by atoms with Crippen molar-refractivity contribution in [1.82, 2.24) is 20.4 Å². The van der Waals surface area contributed by atoms with Gasteiger partial charge in [0.05, 0.1) is 9.77 Å². The summed E-state index contributed by atoms with van der Waals surface area (Å²) in [6.45, 7) is 1.03. The van der Waals surface area contributed by atoms with Gasteiger partial charge in [-0.2, -0.15) is 9.78 Å². The first kappa shape index (κ1) is 10.5. The van der Waals surface area contributed by atoms with Crippen LogP contribution in [-0.2, 0) is 0 Å². The predicted octanol–water partition coefficient (Wildman–Crippen LogP) is 0.796. The van der Waals surface area contributed by atoms with Crippen LogP contribution in [0.15, 0.2) is 12.4 Å². The summed E-state index contributed by atoms with van der Waals surface area (Å²) in [5.74, 6) is 0.601.